The number of nitriles is 1. The average Bonchev–Trinajstić information content (AvgIpc) is 2.85. The monoisotopic (exact) mass is 349 g/mol. The first-order valence-electron chi connectivity index (χ1n) is 7.37. The highest BCUT2D eigenvalue weighted by Gasteiger charge is 2.39. The van der Waals surface area contributed by atoms with Crippen molar-refractivity contribution in [3.8, 4) is 22.9 Å². The van der Waals surface area contributed by atoms with Crippen LogP contribution in [0.4, 0.5) is 5.82 Å². The molecule has 7 heteroatoms. The highest BCUT2D eigenvalue weighted by molar-refractivity contribution is 7.92. The number of hydrogen-bond donors (Lipinski definition) is 1. The van der Waals surface area contributed by atoms with E-state index in [4.69, 9.17) is 5.73 Å². The van der Waals surface area contributed by atoms with E-state index in [0.29, 0.717) is 11.3 Å². The van der Waals surface area contributed by atoms with E-state index >= 15 is 0 Å². The molecular formula is C18H11N3O3S. The molecule has 122 valence electrons. The molecule has 1 aromatic heterocycles. The minimum absolute atomic E-state index is 0.0174. The van der Waals surface area contributed by atoms with E-state index in [1.54, 1.807) is 48.5 Å². The zero-order chi connectivity index (χ0) is 17.8. The predicted molar refractivity (Wildman–Crippen MR) is 92.1 cm³/mol. The Kier molecular flexibility index (Phi) is 3.07. The molecule has 1 aliphatic heterocycles. The number of aromatic nitrogens is 1. The summed E-state index contributed by atoms with van der Waals surface area (Å²) in [7, 11) is -4.02. The highest BCUT2D eigenvalue weighted by atomic mass is 32.2. The summed E-state index contributed by atoms with van der Waals surface area (Å²) in [5, 5.41) is 9.60. The fourth-order valence-corrected chi connectivity index (χ4v) is 4.88. The molecule has 0 saturated heterocycles. The first-order valence-corrected chi connectivity index (χ1v) is 8.85. The van der Waals surface area contributed by atoms with Gasteiger partial charge in [0.2, 0.25) is 9.84 Å². The number of benzene rings is 2. The molecule has 6 nitrogen and oxygen atoms in total. The second-order valence-corrected chi connectivity index (χ2v) is 7.41. The lowest BCUT2D eigenvalue weighted by Crippen LogP contribution is -2.27. The van der Waals surface area contributed by atoms with Crippen molar-refractivity contribution in [2.24, 2.45) is 0 Å². The molecular weight excluding hydrogens is 338 g/mol. The van der Waals surface area contributed by atoms with Crippen LogP contribution in [-0.4, -0.2) is 13.0 Å². The van der Waals surface area contributed by atoms with Crippen LogP contribution in [0.2, 0.25) is 0 Å². The Hall–Kier alpha value is -3.37. The van der Waals surface area contributed by atoms with Crippen LogP contribution in [0.1, 0.15) is 5.56 Å². The maximum absolute atomic E-state index is 13.0. The van der Waals surface area contributed by atoms with Gasteiger partial charge in [-0.2, -0.15) is 5.26 Å². The lowest BCUT2D eigenvalue weighted by atomic mass is 10.0. The third-order valence-electron chi connectivity index (χ3n) is 4.21. The number of fused-ring (bicyclic) bond motifs is 3. The standard InChI is InChI=1S/C18H11N3O3S/c19-10-13-15-12-8-4-5-9-14(12)25(23,24)16(15)18(22)21(17(13)20)11-6-2-1-3-7-11/h1-9H,20H2. The molecule has 2 N–H and O–H groups in total. The summed E-state index contributed by atoms with van der Waals surface area (Å²) in [6.45, 7) is 0. The molecule has 25 heavy (non-hydrogen) atoms. The highest BCUT2D eigenvalue weighted by Crippen LogP contribution is 2.44. The topological polar surface area (TPSA) is 106 Å². The van der Waals surface area contributed by atoms with Gasteiger partial charge >= 0.3 is 0 Å². The second kappa shape index (κ2) is 5.06. The number of nitrogens with zero attached hydrogens (tertiary/aromatic N) is 2. The molecule has 2 heterocycles. The molecule has 3 aromatic rings. The fourth-order valence-electron chi connectivity index (χ4n) is 3.14. The van der Waals surface area contributed by atoms with Crippen LogP contribution in [0, 0.1) is 11.3 Å². The average molecular weight is 349 g/mol. The zero-order valence-electron chi connectivity index (χ0n) is 12.8. The van der Waals surface area contributed by atoms with Gasteiger partial charge in [0.1, 0.15) is 22.3 Å². The van der Waals surface area contributed by atoms with Crippen molar-refractivity contribution >= 4 is 15.7 Å². The molecule has 0 fully saturated rings. The molecule has 0 spiro atoms. The number of rotatable bonds is 1. The number of para-hydroxylation sites is 1. The zero-order valence-corrected chi connectivity index (χ0v) is 13.6. The number of nitrogens with two attached hydrogens (primary N) is 1. The summed E-state index contributed by atoms with van der Waals surface area (Å²) in [4.78, 5) is 12.6. The van der Waals surface area contributed by atoms with Crippen molar-refractivity contribution in [3.05, 3.63) is 70.5 Å². The normalized spacial score (nSPS) is 13.7. The Morgan fingerprint density at radius 3 is 2.32 bits per heavy atom. The van der Waals surface area contributed by atoms with E-state index in [9.17, 15) is 18.5 Å². The Balaban J connectivity index is 2.25. The van der Waals surface area contributed by atoms with Gasteiger partial charge in [-0.05, 0) is 18.2 Å². The maximum Gasteiger partial charge on any atom is 0.276 e. The van der Waals surface area contributed by atoms with Crippen LogP contribution in [0.5, 0.6) is 0 Å². The van der Waals surface area contributed by atoms with Crippen LogP contribution < -0.4 is 11.3 Å². The van der Waals surface area contributed by atoms with E-state index < -0.39 is 20.3 Å². The summed E-state index contributed by atoms with van der Waals surface area (Å²) in [6, 6.07) is 16.6. The lowest BCUT2D eigenvalue weighted by molar-refractivity contribution is 0.597. The number of pyridine rings is 1. The van der Waals surface area contributed by atoms with E-state index in [1.165, 1.54) is 6.07 Å². The quantitative estimate of drug-likeness (QED) is 0.566. The van der Waals surface area contributed by atoms with Gasteiger partial charge in [-0.25, -0.2) is 8.42 Å². The summed E-state index contributed by atoms with van der Waals surface area (Å²) in [6.07, 6.45) is 0. The van der Waals surface area contributed by atoms with Crippen LogP contribution in [0.3, 0.4) is 0 Å². The first-order chi connectivity index (χ1) is 12.0. The molecule has 1 aliphatic rings. The van der Waals surface area contributed by atoms with Crippen LogP contribution >= 0.6 is 0 Å². The lowest BCUT2D eigenvalue weighted by Gasteiger charge is -2.14. The van der Waals surface area contributed by atoms with E-state index in [0.717, 1.165) is 4.57 Å². The van der Waals surface area contributed by atoms with Crippen LogP contribution in [0.25, 0.3) is 16.8 Å². The van der Waals surface area contributed by atoms with Crippen LogP contribution in [-0.2, 0) is 9.84 Å². The fraction of sp³-hybridized carbons (Fsp3) is 0. The van der Waals surface area contributed by atoms with Crippen molar-refractivity contribution < 1.29 is 8.42 Å². The Bertz CT molecular complexity index is 1240. The Morgan fingerprint density at radius 1 is 1.00 bits per heavy atom. The van der Waals surface area contributed by atoms with Crippen molar-refractivity contribution in [1.29, 1.82) is 5.26 Å². The van der Waals surface area contributed by atoms with Gasteiger partial charge in [0.25, 0.3) is 5.56 Å². The summed E-state index contributed by atoms with van der Waals surface area (Å²) < 4.78 is 26.9. The molecule has 0 saturated carbocycles. The molecule has 2 aromatic carbocycles. The molecule has 0 unspecified atom stereocenters. The van der Waals surface area contributed by atoms with E-state index in [1.807, 2.05) is 6.07 Å². The largest absolute Gasteiger partial charge is 0.384 e. The minimum Gasteiger partial charge on any atom is -0.384 e. The number of nitrogen functional groups attached to an aromatic ring is 1. The van der Waals surface area contributed by atoms with E-state index in [-0.39, 0.29) is 21.8 Å². The summed E-state index contributed by atoms with van der Waals surface area (Å²) >= 11 is 0. The summed E-state index contributed by atoms with van der Waals surface area (Å²) in [5.74, 6) is -0.0793. The Labute approximate surface area is 143 Å². The van der Waals surface area contributed by atoms with Gasteiger partial charge < -0.3 is 5.73 Å². The number of hydrogen-bond acceptors (Lipinski definition) is 5. The van der Waals surface area contributed by atoms with Gasteiger partial charge in [-0.15, -0.1) is 0 Å². The SMILES string of the molecule is N#Cc1c2c(c(=O)n(-c3ccccc3)c1N)S(=O)(=O)c1ccccc1-2. The maximum atomic E-state index is 13.0. The van der Waals surface area contributed by atoms with Crippen molar-refractivity contribution in [1.82, 2.24) is 4.57 Å². The van der Waals surface area contributed by atoms with Crippen LogP contribution in [0.15, 0.2) is 69.2 Å². The van der Waals surface area contributed by atoms with Crippen molar-refractivity contribution in [2.45, 2.75) is 9.79 Å². The third-order valence-corrected chi connectivity index (χ3v) is 6.06. The van der Waals surface area contributed by atoms with Gasteiger partial charge in [0, 0.05) is 11.1 Å². The molecule has 0 amide bonds. The summed E-state index contributed by atoms with van der Waals surface area (Å²) in [5.41, 5.74) is 6.13. The van der Waals surface area contributed by atoms with Crippen molar-refractivity contribution in [3.63, 3.8) is 0 Å². The second-order valence-electron chi connectivity index (χ2n) is 5.55. The molecule has 0 aliphatic carbocycles. The molecule has 0 radical (unpaired) electrons. The minimum atomic E-state index is -4.02. The Morgan fingerprint density at radius 2 is 1.64 bits per heavy atom. The van der Waals surface area contributed by atoms with Gasteiger partial charge in [-0.1, -0.05) is 36.4 Å². The smallest absolute Gasteiger partial charge is 0.276 e. The predicted octanol–water partition coefficient (Wildman–Crippen LogP) is 2.10. The molecule has 0 atom stereocenters. The number of sulfone groups is 1. The van der Waals surface area contributed by atoms with E-state index in [2.05, 4.69) is 0 Å². The van der Waals surface area contributed by atoms with Crippen molar-refractivity contribution in [2.75, 3.05) is 5.73 Å². The first kappa shape index (κ1) is 15.2. The van der Waals surface area contributed by atoms with Gasteiger partial charge in [0.15, 0.2) is 0 Å². The molecule has 4 rings (SSSR count). The third kappa shape index (κ3) is 1.89. The molecule has 0 bridgehead atoms. The van der Waals surface area contributed by atoms with Gasteiger partial charge in [0.05, 0.1) is 10.6 Å². The number of anilines is 1. The van der Waals surface area contributed by atoms with Gasteiger partial charge in [-0.3, -0.25) is 9.36 Å².